The van der Waals surface area contributed by atoms with E-state index in [1.807, 2.05) is 9.80 Å². The number of nitrogens with one attached hydrogen (secondary N) is 3. The summed E-state index contributed by atoms with van der Waals surface area (Å²) in [6, 6.07) is 11.5. The van der Waals surface area contributed by atoms with Crippen molar-refractivity contribution in [2.75, 3.05) is 74.4 Å². The van der Waals surface area contributed by atoms with E-state index >= 15 is 8.78 Å². The number of aliphatic hydroxyl groups excluding tert-OH is 1. The van der Waals surface area contributed by atoms with E-state index in [1.165, 1.54) is 54.6 Å². The summed E-state index contributed by atoms with van der Waals surface area (Å²) in [6.45, 7) is 3.83. The highest BCUT2D eigenvalue weighted by atomic mass is 32.2. The highest BCUT2D eigenvalue weighted by Crippen LogP contribution is 2.35. The van der Waals surface area contributed by atoms with Crippen molar-refractivity contribution in [2.45, 2.75) is 50.6 Å². The predicted molar refractivity (Wildman–Crippen MR) is 244 cm³/mol. The number of likely N-dealkylation sites (tertiary alicyclic amines) is 1. The Bertz CT molecular complexity index is 2960. The molecule has 4 N–H and O–H groups in total. The number of rotatable bonds is 14. The van der Waals surface area contributed by atoms with Crippen LogP contribution in [0.4, 0.5) is 26.1 Å². The number of amides is 3. The number of ether oxygens (including phenoxy) is 1. The molecule has 68 heavy (non-hydrogen) atoms. The first kappa shape index (κ1) is 47.4. The number of imide groups is 1. The molecule has 3 aliphatic rings. The Morgan fingerprint density at radius 1 is 0.985 bits per heavy atom. The number of halogens is 2. The second kappa shape index (κ2) is 20.0. The first-order valence-electron chi connectivity index (χ1n) is 21.9. The SMILES string of the molecule is CCN(C)S(=O)(=O)Nc1ccc(F)c(Oc2ccc3ncn(-c4cnc(N5CCN(C(=O)[C@H](CO)N6CCC(c7ccc(N[C@H]8CCC(=O)NC8=O)cc7F)CC6)CC5)nc4)c(=O)c3c2)c1C#N. The lowest BCUT2D eigenvalue weighted by Crippen LogP contribution is -2.57. The van der Waals surface area contributed by atoms with Gasteiger partial charge in [0.15, 0.2) is 11.6 Å². The first-order chi connectivity index (χ1) is 32.7. The molecule has 3 saturated heterocycles. The maximum Gasteiger partial charge on any atom is 0.301 e. The zero-order valence-corrected chi connectivity index (χ0v) is 37.9. The molecule has 0 radical (unpaired) electrons. The van der Waals surface area contributed by atoms with Gasteiger partial charge in [-0.15, -0.1) is 0 Å². The second-order valence-electron chi connectivity index (χ2n) is 16.6. The number of hydrogen-bond acceptors (Lipinski definition) is 15. The third-order valence-corrected chi connectivity index (χ3v) is 14.0. The molecule has 0 aliphatic carbocycles. The van der Waals surface area contributed by atoms with Gasteiger partial charge in [-0.2, -0.15) is 18.0 Å². The second-order valence-corrected chi connectivity index (χ2v) is 18.4. The minimum atomic E-state index is -4.05. The van der Waals surface area contributed by atoms with Gasteiger partial charge in [0.2, 0.25) is 23.7 Å². The number of aromatic nitrogens is 4. The number of benzene rings is 3. The molecule has 5 aromatic rings. The van der Waals surface area contributed by atoms with Crippen molar-refractivity contribution in [3.8, 4) is 23.3 Å². The van der Waals surface area contributed by atoms with Crippen LogP contribution in [0, 0.1) is 23.0 Å². The summed E-state index contributed by atoms with van der Waals surface area (Å²) in [5, 5.41) is 25.7. The number of fused-ring (bicyclic) bond motifs is 1. The highest BCUT2D eigenvalue weighted by Gasteiger charge is 2.35. The summed E-state index contributed by atoms with van der Waals surface area (Å²) in [5.41, 5.74) is 0.439. The number of nitriles is 1. The maximum atomic E-state index is 15.3. The van der Waals surface area contributed by atoms with E-state index in [-0.39, 0.29) is 54.1 Å². The average molecular weight is 955 g/mol. The molecular weight excluding hydrogens is 907 g/mol. The van der Waals surface area contributed by atoms with Gasteiger partial charge in [0, 0.05) is 51.9 Å². The van der Waals surface area contributed by atoms with Crippen molar-refractivity contribution in [1.82, 2.24) is 38.9 Å². The molecule has 2 atom stereocenters. The van der Waals surface area contributed by atoms with Crippen molar-refractivity contribution in [2.24, 2.45) is 0 Å². The number of carbonyl (C=O) groups is 3. The number of carbonyl (C=O) groups excluding carboxylic acids is 3. The van der Waals surface area contributed by atoms with Gasteiger partial charge in [0.1, 0.15) is 41.6 Å². The maximum absolute atomic E-state index is 15.3. The summed E-state index contributed by atoms with van der Waals surface area (Å²) >= 11 is 0. The number of piperidine rings is 2. The van der Waals surface area contributed by atoms with Crippen molar-refractivity contribution in [1.29, 1.82) is 5.26 Å². The van der Waals surface area contributed by atoms with E-state index in [9.17, 15) is 38.0 Å². The molecule has 3 fully saturated rings. The number of piperazine rings is 1. The largest absolute Gasteiger partial charge is 0.453 e. The monoisotopic (exact) mass is 954 g/mol. The number of anilines is 3. The molecule has 3 aliphatic heterocycles. The Kier molecular flexibility index (Phi) is 13.9. The van der Waals surface area contributed by atoms with Crippen LogP contribution in [0.15, 0.2) is 72.0 Å². The topological polar surface area (TPSA) is 248 Å². The van der Waals surface area contributed by atoms with Crippen LogP contribution in [0.1, 0.15) is 49.7 Å². The van der Waals surface area contributed by atoms with Crippen LogP contribution in [-0.2, 0) is 24.6 Å². The van der Waals surface area contributed by atoms with E-state index in [1.54, 1.807) is 30.0 Å². The molecule has 0 saturated carbocycles. The van der Waals surface area contributed by atoms with Gasteiger partial charge in [-0.3, -0.25) is 38.7 Å². The molecule has 0 bridgehead atoms. The lowest BCUT2D eigenvalue weighted by molar-refractivity contribution is -0.139. The third kappa shape index (κ3) is 9.93. The molecule has 2 aromatic heterocycles. The van der Waals surface area contributed by atoms with Crippen LogP contribution < -0.4 is 30.6 Å². The number of hydrogen-bond donors (Lipinski definition) is 4. The molecule has 20 nitrogen and oxygen atoms in total. The zero-order chi connectivity index (χ0) is 48.3. The van der Waals surface area contributed by atoms with Crippen molar-refractivity contribution in [3.05, 3.63) is 100 Å². The van der Waals surface area contributed by atoms with Gasteiger partial charge < -0.3 is 25.0 Å². The summed E-state index contributed by atoms with van der Waals surface area (Å²) < 4.78 is 66.0. The van der Waals surface area contributed by atoms with E-state index in [0.717, 1.165) is 16.4 Å². The number of nitrogens with zero attached hydrogens (tertiary/aromatic N) is 9. The Morgan fingerprint density at radius 3 is 2.38 bits per heavy atom. The molecule has 356 valence electrons. The Balaban J connectivity index is 0.868. The zero-order valence-electron chi connectivity index (χ0n) is 37.1. The van der Waals surface area contributed by atoms with E-state index < -0.39 is 56.7 Å². The molecule has 8 rings (SSSR count). The van der Waals surface area contributed by atoms with Gasteiger partial charge in [0.25, 0.3) is 5.56 Å². The molecule has 0 spiro atoms. The fraction of sp³-hybridized carbons (Fsp3) is 0.378. The lowest BCUT2D eigenvalue weighted by Gasteiger charge is -2.40. The molecule has 3 aromatic carbocycles. The summed E-state index contributed by atoms with van der Waals surface area (Å²) in [4.78, 5) is 70.0. The van der Waals surface area contributed by atoms with Crippen molar-refractivity contribution >= 4 is 56.2 Å². The quantitative estimate of drug-likeness (QED) is 0.117. The summed E-state index contributed by atoms with van der Waals surface area (Å²) in [6.07, 6.45) is 5.90. The molecule has 3 amide bonds. The van der Waals surface area contributed by atoms with Crippen molar-refractivity contribution < 1.29 is 41.4 Å². The van der Waals surface area contributed by atoms with E-state index in [4.69, 9.17) is 4.74 Å². The Hall–Kier alpha value is -7.13. The van der Waals surface area contributed by atoms with E-state index in [2.05, 4.69) is 30.3 Å². The first-order valence-corrected chi connectivity index (χ1v) is 23.4. The fourth-order valence-electron chi connectivity index (χ4n) is 8.50. The van der Waals surface area contributed by atoms with E-state index in [0.29, 0.717) is 86.9 Å². The van der Waals surface area contributed by atoms with Crippen LogP contribution in [0.25, 0.3) is 16.6 Å². The van der Waals surface area contributed by atoms with Gasteiger partial charge in [-0.1, -0.05) is 13.0 Å². The summed E-state index contributed by atoms with van der Waals surface area (Å²) in [7, 11) is -2.71. The minimum Gasteiger partial charge on any atom is -0.453 e. The smallest absolute Gasteiger partial charge is 0.301 e. The highest BCUT2D eigenvalue weighted by molar-refractivity contribution is 7.90. The Morgan fingerprint density at radius 2 is 1.72 bits per heavy atom. The van der Waals surface area contributed by atoms with Crippen LogP contribution in [0.5, 0.6) is 11.5 Å². The van der Waals surface area contributed by atoms with Crippen LogP contribution in [0.2, 0.25) is 0 Å². The molecular formula is C45H48F2N12O8S. The molecule has 5 heterocycles. The van der Waals surface area contributed by atoms with Crippen LogP contribution in [0.3, 0.4) is 0 Å². The van der Waals surface area contributed by atoms with Gasteiger partial charge in [-0.05, 0) is 86.3 Å². The van der Waals surface area contributed by atoms with Gasteiger partial charge in [-0.25, -0.2) is 23.7 Å². The fourth-order valence-corrected chi connectivity index (χ4v) is 9.44. The minimum absolute atomic E-state index is 0.0201. The van der Waals surface area contributed by atoms with Crippen LogP contribution >= 0.6 is 0 Å². The standard InChI is InChI=1S/C45H48F2N12O8S/c1-3-55(2)68(65,66)54-37-9-7-34(46)41(33(37)22-48)67-30-5-8-36-32(21-30)43(63)59(26-51-36)29-23-49-45(50-24-29)58-18-16-57(17-19-58)44(64)39(25-60)56-14-12-27(13-15-56)31-6-4-28(20-35(31)47)52-38-10-11-40(61)53-42(38)62/h4-9,20-21,23-24,26-27,38-39,52,54,60H,3,10-19,25H2,1-2H3,(H,53,61,62)/t38-,39-/m0/s1. The summed E-state index contributed by atoms with van der Waals surface area (Å²) in [5.74, 6) is -2.61. The lowest BCUT2D eigenvalue weighted by atomic mass is 9.88. The van der Waals surface area contributed by atoms with Gasteiger partial charge >= 0.3 is 10.2 Å². The van der Waals surface area contributed by atoms with Crippen molar-refractivity contribution in [3.63, 3.8) is 0 Å². The number of aliphatic hydroxyl groups is 1. The predicted octanol–water partition coefficient (Wildman–Crippen LogP) is 2.83. The van der Waals surface area contributed by atoms with Crippen LogP contribution in [-0.4, -0.2) is 136 Å². The molecule has 0 unspecified atom stereocenters. The normalized spacial score (nSPS) is 17.8. The Labute approximate surface area is 389 Å². The third-order valence-electron chi connectivity index (χ3n) is 12.5. The van der Waals surface area contributed by atoms with Gasteiger partial charge in [0.05, 0.1) is 41.3 Å². The molecule has 23 heteroatoms. The average Bonchev–Trinajstić information content (AvgIpc) is 3.34.